The molecule has 0 spiro atoms. The summed E-state index contributed by atoms with van der Waals surface area (Å²) in [5, 5.41) is 7.99. The minimum atomic E-state index is 0.477. The quantitative estimate of drug-likeness (QED) is 0.150. The smallest absolute Gasteiger partial charge is 0.0536 e. The van der Waals surface area contributed by atoms with E-state index in [2.05, 4.69) is 230 Å². The van der Waals surface area contributed by atoms with Crippen LogP contribution < -0.4 is 9.80 Å². The maximum Gasteiger partial charge on any atom is 0.0536 e. The summed E-state index contributed by atoms with van der Waals surface area (Å²) in [5.74, 6) is 0.957. The number of anilines is 4. The zero-order valence-corrected chi connectivity index (χ0v) is 37.7. The maximum atomic E-state index is 2.52. The van der Waals surface area contributed by atoms with Gasteiger partial charge in [-0.3, -0.25) is 0 Å². The third-order valence-corrected chi connectivity index (χ3v) is 14.9. The molecule has 0 fully saturated rings. The highest BCUT2D eigenvalue weighted by Crippen LogP contribution is 2.48. The molecular weight excluding hydrogens is 805 g/mol. The second-order valence-electron chi connectivity index (χ2n) is 18.1. The van der Waals surface area contributed by atoms with E-state index in [9.17, 15) is 0 Å². The number of fused-ring (bicyclic) bond motifs is 9. The normalized spacial score (nSPS) is 16.8. The first kappa shape index (κ1) is 39.4. The molecule has 8 aromatic carbocycles. The van der Waals surface area contributed by atoms with Gasteiger partial charge in [0.1, 0.15) is 0 Å². The van der Waals surface area contributed by atoms with E-state index >= 15 is 0 Å². The van der Waals surface area contributed by atoms with Crippen LogP contribution in [0.2, 0.25) is 0 Å². The van der Waals surface area contributed by atoms with Gasteiger partial charge in [0.15, 0.2) is 0 Å². The third-order valence-electron chi connectivity index (χ3n) is 13.7. The minimum Gasteiger partial charge on any atom is -0.314 e. The topological polar surface area (TPSA) is 6.48 Å². The monoisotopic (exact) mass is 854 g/mol. The summed E-state index contributed by atoms with van der Waals surface area (Å²) in [5.41, 5.74) is 15.1. The van der Waals surface area contributed by atoms with Crippen molar-refractivity contribution in [3.8, 4) is 22.3 Å². The molecule has 2 unspecified atom stereocenters. The van der Waals surface area contributed by atoms with E-state index in [1.54, 1.807) is 0 Å². The van der Waals surface area contributed by atoms with E-state index in [4.69, 9.17) is 0 Å². The van der Waals surface area contributed by atoms with Gasteiger partial charge in [-0.1, -0.05) is 159 Å². The number of rotatable bonds is 8. The molecule has 9 aromatic rings. The van der Waals surface area contributed by atoms with Gasteiger partial charge in [-0.15, -0.1) is 11.3 Å². The molecule has 3 aliphatic carbocycles. The van der Waals surface area contributed by atoms with Gasteiger partial charge in [0.05, 0.1) is 5.69 Å². The van der Waals surface area contributed by atoms with Gasteiger partial charge in [0.2, 0.25) is 0 Å². The van der Waals surface area contributed by atoms with Crippen LogP contribution in [0.1, 0.15) is 44.2 Å². The van der Waals surface area contributed by atoms with Crippen molar-refractivity contribution in [2.45, 2.75) is 39.5 Å². The summed E-state index contributed by atoms with van der Waals surface area (Å²) in [6.07, 6.45) is 22.8. The van der Waals surface area contributed by atoms with Crippen LogP contribution in [0.4, 0.5) is 22.7 Å². The Morgan fingerprint density at radius 3 is 2.00 bits per heavy atom. The predicted octanol–water partition coefficient (Wildman–Crippen LogP) is 17.9. The standard InChI is InChI=1S/C62H50N2S/c1-41-13-11-20-51(37-41)64(59-22-12-17-46-16-9-10-21-53(46)59)52-33-36-56-60(40-52)65-62-55-35-28-47(39-58(55)57-38-42(2)23-34-54(57)61(56)62)45-26-31-50(32-27-45)63(48-18-7-4-8-19-48)49-29-24-44(25-30-49)43-14-5-3-6-15-43/h3,5-7,9-36,39-42H,4,8,37-38H2,1-2H3. The van der Waals surface area contributed by atoms with E-state index in [0.29, 0.717) is 11.8 Å². The van der Waals surface area contributed by atoms with E-state index in [1.807, 2.05) is 11.3 Å². The Morgan fingerprint density at radius 2 is 1.22 bits per heavy atom. The van der Waals surface area contributed by atoms with Crippen LogP contribution in [0.25, 0.3) is 70.0 Å². The third kappa shape index (κ3) is 7.12. The molecule has 2 nitrogen and oxygen atoms in total. The molecule has 1 aromatic heterocycles. The van der Waals surface area contributed by atoms with Crippen molar-refractivity contribution in [3.63, 3.8) is 0 Å². The number of thiophene rings is 1. The van der Waals surface area contributed by atoms with Gasteiger partial charge in [0, 0.05) is 54.0 Å². The fourth-order valence-electron chi connectivity index (χ4n) is 10.5. The summed E-state index contributed by atoms with van der Waals surface area (Å²) in [7, 11) is 0. The number of hydrogen-bond acceptors (Lipinski definition) is 3. The first-order valence-electron chi connectivity index (χ1n) is 23.3. The largest absolute Gasteiger partial charge is 0.314 e. The first-order valence-corrected chi connectivity index (χ1v) is 24.1. The van der Waals surface area contributed by atoms with Crippen LogP contribution in [0.5, 0.6) is 0 Å². The van der Waals surface area contributed by atoms with Gasteiger partial charge in [-0.05, 0) is 148 Å². The lowest BCUT2D eigenvalue weighted by Gasteiger charge is -2.31. The summed E-state index contributed by atoms with van der Waals surface area (Å²) >= 11 is 1.95. The molecule has 12 rings (SSSR count). The molecule has 0 saturated heterocycles. The number of hydrogen-bond donors (Lipinski definition) is 0. The molecule has 0 bridgehead atoms. The van der Waals surface area contributed by atoms with Crippen molar-refractivity contribution in [1.29, 1.82) is 0 Å². The average Bonchev–Trinajstić information content (AvgIpc) is 3.74. The Hall–Kier alpha value is -7.20. The Bertz CT molecular complexity index is 3450. The Balaban J connectivity index is 0.948. The molecule has 0 amide bonds. The highest BCUT2D eigenvalue weighted by molar-refractivity contribution is 7.26. The lowest BCUT2D eigenvalue weighted by Crippen LogP contribution is -2.19. The molecule has 3 heteroatoms. The zero-order chi connectivity index (χ0) is 43.4. The van der Waals surface area contributed by atoms with Crippen molar-refractivity contribution < 1.29 is 0 Å². The molecule has 0 radical (unpaired) electrons. The van der Waals surface area contributed by atoms with Crippen molar-refractivity contribution >= 4 is 81.9 Å². The average molecular weight is 855 g/mol. The molecule has 0 saturated carbocycles. The lowest BCUT2D eigenvalue weighted by molar-refractivity contribution is 0.696. The van der Waals surface area contributed by atoms with Gasteiger partial charge in [-0.25, -0.2) is 0 Å². The van der Waals surface area contributed by atoms with Gasteiger partial charge in [0.25, 0.3) is 0 Å². The van der Waals surface area contributed by atoms with Gasteiger partial charge in [-0.2, -0.15) is 0 Å². The van der Waals surface area contributed by atoms with E-state index in [1.165, 1.54) is 97.9 Å². The lowest BCUT2D eigenvalue weighted by atomic mass is 9.84. The minimum absolute atomic E-state index is 0.477. The number of benzene rings is 8. The number of nitrogens with zero attached hydrogens (tertiary/aromatic N) is 2. The summed E-state index contributed by atoms with van der Waals surface area (Å²) in [6.45, 7) is 4.67. The van der Waals surface area contributed by atoms with Crippen LogP contribution in [-0.2, 0) is 6.42 Å². The molecular formula is C62H50N2S. The van der Waals surface area contributed by atoms with Crippen molar-refractivity contribution in [2.75, 3.05) is 9.80 Å². The van der Waals surface area contributed by atoms with Crippen LogP contribution in [-0.4, -0.2) is 0 Å². The highest BCUT2D eigenvalue weighted by Gasteiger charge is 2.25. The summed E-state index contributed by atoms with van der Waals surface area (Å²) in [6, 6.07) is 58.8. The summed E-state index contributed by atoms with van der Waals surface area (Å²) < 4.78 is 2.70. The molecule has 0 N–H and O–H groups in total. The van der Waals surface area contributed by atoms with E-state index < -0.39 is 0 Å². The van der Waals surface area contributed by atoms with E-state index in [0.717, 1.165) is 37.1 Å². The molecule has 0 aliphatic heterocycles. The Kier molecular flexibility index (Phi) is 9.95. The van der Waals surface area contributed by atoms with E-state index in [-0.39, 0.29) is 0 Å². The molecule has 1 heterocycles. The predicted molar refractivity (Wildman–Crippen MR) is 282 cm³/mol. The second-order valence-corrected chi connectivity index (χ2v) is 19.2. The van der Waals surface area contributed by atoms with Crippen molar-refractivity contribution in [2.24, 2.45) is 11.8 Å². The fraction of sp³-hybridized carbons (Fsp3) is 0.129. The maximum absolute atomic E-state index is 2.52. The number of allylic oxidation sites excluding steroid dienone is 8. The second kappa shape index (κ2) is 16.4. The first-order chi connectivity index (χ1) is 32.0. The zero-order valence-electron chi connectivity index (χ0n) is 36.9. The molecule has 65 heavy (non-hydrogen) atoms. The fourth-order valence-corrected chi connectivity index (χ4v) is 11.8. The van der Waals surface area contributed by atoms with Crippen molar-refractivity contribution in [1.82, 2.24) is 0 Å². The van der Waals surface area contributed by atoms with Gasteiger partial charge >= 0.3 is 0 Å². The van der Waals surface area contributed by atoms with Gasteiger partial charge < -0.3 is 9.80 Å². The van der Waals surface area contributed by atoms with Crippen molar-refractivity contribution in [3.05, 3.63) is 223 Å². The molecule has 3 aliphatic rings. The van der Waals surface area contributed by atoms with Crippen LogP contribution in [0.3, 0.4) is 0 Å². The van der Waals surface area contributed by atoms with Crippen LogP contribution >= 0.6 is 11.3 Å². The molecule has 2 atom stereocenters. The molecule has 314 valence electrons. The highest BCUT2D eigenvalue weighted by atomic mass is 32.1. The Labute approximate surface area is 386 Å². The van der Waals surface area contributed by atoms with Crippen LogP contribution in [0.15, 0.2) is 212 Å². The Morgan fingerprint density at radius 1 is 0.523 bits per heavy atom. The SMILES string of the molecule is CC1C=CC=C(N(c2ccc3c(c2)sc2c4ccc(-c5ccc(N(C6=CCCC=C6)c6ccc(-c7ccccc7)cc6)cc5)cc4c4c(c32)C=CC(C)C4)c2cccc3ccccc23)C1. The summed E-state index contributed by atoms with van der Waals surface area (Å²) in [4.78, 5) is 4.91. The van der Waals surface area contributed by atoms with Crippen LogP contribution in [0, 0.1) is 11.8 Å².